The van der Waals surface area contributed by atoms with Crippen LogP contribution in [-0.4, -0.2) is 43.3 Å². The predicted octanol–water partition coefficient (Wildman–Crippen LogP) is 2.22. The summed E-state index contributed by atoms with van der Waals surface area (Å²) < 4.78 is 27.7. The van der Waals surface area contributed by atoms with Crippen LogP contribution in [0.3, 0.4) is 0 Å². The third-order valence-corrected chi connectivity index (χ3v) is 5.95. The van der Waals surface area contributed by atoms with Crippen molar-refractivity contribution in [3.63, 3.8) is 0 Å². The Balaban J connectivity index is 2.00. The van der Waals surface area contributed by atoms with Crippen molar-refractivity contribution in [2.45, 2.75) is 51.0 Å². The van der Waals surface area contributed by atoms with E-state index < -0.39 is 14.9 Å². The molecule has 0 atom stereocenters. The number of benzene rings is 1. The summed E-state index contributed by atoms with van der Waals surface area (Å²) in [5.41, 5.74) is 0.188. The molecule has 0 unspecified atom stereocenters. The topological polar surface area (TPSA) is 110 Å². The van der Waals surface area contributed by atoms with Gasteiger partial charge in [0.2, 0.25) is 15.9 Å². The standard InChI is InChI=1S/C17H25N3O5S/c1-12(2)10-17(21)19-8-6-14(7-9-19)18-26(24,25)15-4-5-16(20(22)23)13(3)11-15/h4-5,11-12,14,18H,6-10H2,1-3H3. The minimum Gasteiger partial charge on any atom is -0.343 e. The lowest BCUT2D eigenvalue weighted by Crippen LogP contribution is -2.46. The van der Waals surface area contributed by atoms with Crippen molar-refractivity contribution in [2.75, 3.05) is 13.1 Å². The number of likely N-dealkylation sites (tertiary alicyclic amines) is 1. The van der Waals surface area contributed by atoms with Crippen molar-refractivity contribution in [2.24, 2.45) is 5.92 Å². The van der Waals surface area contributed by atoms with Gasteiger partial charge in [-0.15, -0.1) is 0 Å². The zero-order valence-electron chi connectivity index (χ0n) is 15.3. The van der Waals surface area contributed by atoms with Crippen molar-refractivity contribution in [3.8, 4) is 0 Å². The van der Waals surface area contributed by atoms with Gasteiger partial charge in [-0.05, 0) is 37.8 Å². The maximum atomic E-state index is 12.5. The Labute approximate surface area is 153 Å². The Morgan fingerprint density at radius 2 is 1.96 bits per heavy atom. The number of hydrogen-bond donors (Lipinski definition) is 1. The first kappa shape index (κ1) is 20.3. The summed E-state index contributed by atoms with van der Waals surface area (Å²) in [7, 11) is -3.76. The molecule has 1 amide bonds. The van der Waals surface area contributed by atoms with Gasteiger partial charge in [0.25, 0.3) is 5.69 Å². The molecule has 1 heterocycles. The van der Waals surface area contributed by atoms with Crippen molar-refractivity contribution in [1.82, 2.24) is 9.62 Å². The molecule has 0 spiro atoms. The van der Waals surface area contributed by atoms with Gasteiger partial charge in [-0.2, -0.15) is 0 Å². The predicted molar refractivity (Wildman–Crippen MR) is 97.2 cm³/mol. The van der Waals surface area contributed by atoms with Gasteiger partial charge in [0.1, 0.15) is 0 Å². The Kier molecular flexibility index (Phi) is 6.35. The highest BCUT2D eigenvalue weighted by atomic mass is 32.2. The Morgan fingerprint density at radius 1 is 1.35 bits per heavy atom. The molecule has 0 saturated carbocycles. The van der Waals surface area contributed by atoms with Crippen molar-refractivity contribution in [1.29, 1.82) is 0 Å². The fourth-order valence-electron chi connectivity index (χ4n) is 3.01. The summed E-state index contributed by atoms with van der Waals surface area (Å²) in [6.07, 6.45) is 1.60. The molecule has 0 aromatic heterocycles. The second-order valence-electron chi connectivity index (χ2n) is 7.08. The summed E-state index contributed by atoms with van der Waals surface area (Å²) in [5, 5.41) is 10.9. The minimum atomic E-state index is -3.76. The highest BCUT2D eigenvalue weighted by Gasteiger charge is 2.27. The molecule has 0 aliphatic carbocycles. The highest BCUT2D eigenvalue weighted by molar-refractivity contribution is 7.89. The van der Waals surface area contributed by atoms with E-state index in [1.807, 2.05) is 13.8 Å². The Morgan fingerprint density at radius 3 is 2.46 bits per heavy atom. The summed E-state index contributed by atoms with van der Waals surface area (Å²) in [6.45, 7) is 6.54. The molecule has 1 fully saturated rings. The molecule has 26 heavy (non-hydrogen) atoms. The molecule has 1 aromatic carbocycles. The number of nitrogens with zero attached hydrogens (tertiary/aromatic N) is 2. The van der Waals surface area contributed by atoms with Gasteiger partial charge in [0, 0.05) is 37.2 Å². The summed E-state index contributed by atoms with van der Waals surface area (Å²) in [6, 6.07) is 3.51. The van der Waals surface area contributed by atoms with Crippen LogP contribution in [-0.2, 0) is 14.8 Å². The van der Waals surface area contributed by atoms with Crippen LogP contribution in [0.25, 0.3) is 0 Å². The second kappa shape index (κ2) is 8.13. The molecular formula is C17H25N3O5S. The minimum absolute atomic E-state index is 0.0129. The van der Waals surface area contributed by atoms with E-state index in [9.17, 15) is 23.3 Å². The third-order valence-electron chi connectivity index (χ3n) is 4.43. The van der Waals surface area contributed by atoms with E-state index in [1.165, 1.54) is 25.1 Å². The van der Waals surface area contributed by atoms with Crippen LogP contribution in [0.15, 0.2) is 23.1 Å². The average molecular weight is 383 g/mol. The number of piperidine rings is 1. The monoisotopic (exact) mass is 383 g/mol. The number of carbonyl (C=O) groups is 1. The number of carbonyl (C=O) groups excluding carboxylic acids is 1. The SMILES string of the molecule is Cc1cc(S(=O)(=O)NC2CCN(C(=O)CC(C)C)CC2)ccc1[N+](=O)[O-]. The molecule has 1 aliphatic heterocycles. The molecule has 0 bridgehead atoms. The van der Waals surface area contributed by atoms with Gasteiger partial charge in [0.05, 0.1) is 9.82 Å². The zero-order chi connectivity index (χ0) is 19.5. The summed E-state index contributed by atoms with van der Waals surface area (Å²) in [5.74, 6) is 0.399. The van der Waals surface area contributed by atoms with Crippen LogP contribution < -0.4 is 4.72 Å². The zero-order valence-corrected chi connectivity index (χ0v) is 16.1. The summed E-state index contributed by atoms with van der Waals surface area (Å²) in [4.78, 5) is 24.2. The van der Waals surface area contributed by atoms with Gasteiger partial charge >= 0.3 is 0 Å². The molecular weight excluding hydrogens is 358 g/mol. The van der Waals surface area contributed by atoms with E-state index in [0.717, 1.165) is 0 Å². The van der Waals surface area contributed by atoms with Crippen molar-refractivity contribution in [3.05, 3.63) is 33.9 Å². The quantitative estimate of drug-likeness (QED) is 0.598. The lowest BCUT2D eigenvalue weighted by atomic mass is 10.0. The first-order valence-electron chi connectivity index (χ1n) is 8.65. The maximum absolute atomic E-state index is 12.5. The van der Waals surface area contributed by atoms with Crippen LogP contribution in [0, 0.1) is 23.0 Å². The number of amides is 1. The lowest BCUT2D eigenvalue weighted by molar-refractivity contribution is -0.385. The number of nitro groups is 1. The lowest BCUT2D eigenvalue weighted by Gasteiger charge is -2.32. The van der Waals surface area contributed by atoms with E-state index in [1.54, 1.807) is 4.90 Å². The molecule has 2 rings (SSSR count). The largest absolute Gasteiger partial charge is 0.343 e. The Bertz CT molecular complexity index is 784. The van der Waals surface area contributed by atoms with Gasteiger partial charge in [0.15, 0.2) is 0 Å². The molecule has 144 valence electrons. The van der Waals surface area contributed by atoms with Gasteiger partial charge < -0.3 is 4.90 Å². The van der Waals surface area contributed by atoms with Crippen LogP contribution >= 0.6 is 0 Å². The number of hydrogen-bond acceptors (Lipinski definition) is 5. The normalized spacial score (nSPS) is 16.1. The van der Waals surface area contributed by atoms with Crippen molar-refractivity contribution >= 4 is 21.6 Å². The van der Waals surface area contributed by atoms with Crippen molar-refractivity contribution < 1.29 is 18.1 Å². The average Bonchev–Trinajstić information content (AvgIpc) is 2.54. The van der Waals surface area contributed by atoms with Gasteiger partial charge in [-0.3, -0.25) is 14.9 Å². The summed E-state index contributed by atoms with van der Waals surface area (Å²) >= 11 is 0. The van der Waals surface area contributed by atoms with Crippen LogP contribution in [0.2, 0.25) is 0 Å². The molecule has 1 aromatic rings. The molecule has 1 N–H and O–H groups in total. The fourth-order valence-corrected chi connectivity index (χ4v) is 4.40. The second-order valence-corrected chi connectivity index (χ2v) is 8.79. The number of aryl methyl sites for hydroxylation is 1. The van der Waals surface area contributed by atoms with E-state index in [4.69, 9.17) is 0 Å². The number of rotatable bonds is 6. The van der Waals surface area contributed by atoms with E-state index >= 15 is 0 Å². The number of nitrogens with one attached hydrogen (secondary N) is 1. The molecule has 0 radical (unpaired) electrons. The molecule has 1 saturated heterocycles. The van der Waals surface area contributed by atoms with Crippen LogP contribution in [0.5, 0.6) is 0 Å². The van der Waals surface area contributed by atoms with E-state index in [2.05, 4.69) is 4.72 Å². The molecule has 1 aliphatic rings. The highest BCUT2D eigenvalue weighted by Crippen LogP contribution is 2.22. The molecule has 8 nitrogen and oxygen atoms in total. The first-order valence-corrected chi connectivity index (χ1v) is 10.1. The van der Waals surface area contributed by atoms with E-state index in [0.29, 0.717) is 43.8 Å². The number of nitro benzene ring substituents is 1. The van der Waals surface area contributed by atoms with Crippen LogP contribution in [0.1, 0.15) is 38.7 Å². The third kappa shape index (κ3) is 5.01. The molecule has 9 heteroatoms. The smallest absolute Gasteiger partial charge is 0.272 e. The fraction of sp³-hybridized carbons (Fsp3) is 0.588. The van der Waals surface area contributed by atoms with Crippen LogP contribution in [0.4, 0.5) is 5.69 Å². The van der Waals surface area contributed by atoms with Gasteiger partial charge in [-0.1, -0.05) is 13.8 Å². The first-order chi connectivity index (χ1) is 12.1. The number of sulfonamides is 1. The van der Waals surface area contributed by atoms with Gasteiger partial charge in [-0.25, -0.2) is 13.1 Å². The van der Waals surface area contributed by atoms with E-state index in [-0.39, 0.29) is 22.5 Å². The Hall–Kier alpha value is -2.00. The maximum Gasteiger partial charge on any atom is 0.272 e.